The highest BCUT2D eigenvalue weighted by atomic mass is 16.5. The van der Waals surface area contributed by atoms with Crippen molar-refractivity contribution in [2.45, 2.75) is 39.7 Å². The summed E-state index contributed by atoms with van der Waals surface area (Å²) in [4.78, 5) is 19.8. The van der Waals surface area contributed by atoms with Crippen LogP contribution in [0.3, 0.4) is 0 Å². The van der Waals surface area contributed by atoms with Gasteiger partial charge in [0.05, 0.1) is 24.2 Å². The average Bonchev–Trinajstić information content (AvgIpc) is 3.40. The Kier molecular flexibility index (Phi) is 6.45. The zero-order valence-electron chi connectivity index (χ0n) is 20.5. The van der Waals surface area contributed by atoms with E-state index >= 15 is 0 Å². The van der Waals surface area contributed by atoms with Gasteiger partial charge in [0, 0.05) is 24.6 Å². The number of aryl methyl sites for hydroxylation is 2. The summed E-state index contributed by atoms with van der Waals surface area (Å²) in [5.41, 5.74) is 5.28. The molecule has 6 heteroatoms. The summed E-state index contributed by atoms with van der Waals surface area (Å²) < 4.78 is 13.9. The fraction of sp³-hybridized carbons (Fsp3) is 0.310. The lowest BCUT2D eigenvalue weighted by Crippen LogP contribution is -2.24. The number of aromatic nitrogens is 2. The van der Waals surface area contributed by atoms with E-state index < -0.39 is 0 Å². The molecule has 1 unspecified atom stereocenters. The van der Waals surface area contributed by atoms with Crippen LogP contribution in [0.15, 0.2) is 66.7 Å². The first kappa shape index (κ1) is 23.0. The first-order valence-electron chi connectivity index (χ1n) is 12.2. The number of carbonyl (C=O) groups is 1. The van der Waals surface area contributed by atoms with Gasteiger partial charge >= 0.3 is 0 Å². The van der Waals surface area contributed by atoms with E-state index in [0.717, 1.165) is 34.0 Å². The van der Waals surface area contributed by atoms with Gasteiger partial charge in [0.1, 0.15) is 23.9 Å². The lowest BCUT2D eigenvalue weighted by Gasteiger charge is -2.18. The Labute approximate surface area is 206 Å². The molecule has 0 spiro atoms. The van der Waals surface area contributed by atoms with Crippen LogP contribution < -0.4 is 14.4 Å². The van der Waals surface area contributed by atoms with Crippen molar-refractivity contribution in [2.24, 2.45) is 0 Å². The predicted molar refractivity (Wildman–Crippen MR) is 138 cm³/mol. The van der Waals surface area contributed by atoms with Crippen molar-refractivity contribution in [3.63, 3.8) is 0 Å². The normalized spacial score (nSPS) is 15.7. The van der Waals surface area contributed by atoms with E-state index in [2.05, 4.69) is 42.7 Å². The van der Waals surface area contributed by atoms with E-state index in [-0.39, 0.29) is 11.8 Å². The van der Waals surface area contributed by atoms with Crippen LogP contribution in [0.4, 0.5) is 5.69 Å². The van der Waals surface area contributed by atoms with Crippen molar-refractivity contribution >= 4 is 22.6 Å². The van der Waals surface area contributed by atoms with Crippen LogP contribution in [0.5, 0.6) is 11.5 Å². The number of imidazole rings is 1. The number of fused-ring (bicyclic) bond motifs is 1. The van der Waals surface area contributed by atoms with Crippen LogP contribution in [0.2, 0.25) is 0 Å². The Bertz CT molecular complexity index is 1320. The van der Waals surface area contributed by atoms with Gasteiger partial charge < -0.3 is 18.9 Å². The maximum absolute atomic E-state index is 13.0. The molecule has 0 saturated carbocycles. The summed E-state index contributed by atoms with van der Waals surface area (Å²) in [5, 5.41) is 0. The molecule has 0 bridgehead atoms. The Morgan fingerprint density at radius 3 is 2.43 bits per heavy atom. The van der Waals surface area contributed by atoms with Crippen LogP contribution in [0.1, 0.15) is 36.2 Å². The van der Waals surface area contributed by atoms with E-state index in [1.54, 1.807) is 0 Å². The molecule has 180 valence electrons. The molecule has 1 aliphatic heterocycles. The first-order valence-corrected chi connectivity index (χ1v) is 12.2. The Hall–Kier alpha value is -3.80. The lowest BCUT2D eigenvalue weighted by atomic mass is 10.1. The smallest absolute Gasteiger partial charge is 0.227 e. The number of rotatable bonds is 8. The molecule has 35 heavy (non-hydrogen) atoms. The fourth-order valence-corrected chi connectivity index (χ4v) is 4.93. The maximum atomic E-state index is 13.0. The van der Waals surface area contributed by atoms with E-state index in [1.807, 2.05) is 54.3 Å². The van der Waals surface area contributed by atoms with Crippen molar-refractivity contribution in [1.29, 1.82) is 0 Å². The molecular formula is C29H31N3O3. The van der Waals surface area contributed by atoms with Crippen molar-refractivity contribution < 1.29 is 14.3 Å². The number of ether oxygens (including phenoxy) is 2. The molecule has 0 aliphatic carbocycles. The van der Waals surface area contributed by atoms with Gasteiger partial charge in [-0.2, -0.15) is 0 Å². The van der Waals surface area contributed by atoms with Gasteiger partial charge in [0.25, 0.3) is 0 Å². The molecule has 5 rings (SSSR count). The van der Waals surface area contributed by atoms with Crippen molar-refractivity contribution in [2.75, 3.05) is 24.7 Å². The summed E-state index contributed by atoms with van der Waals surface area (Å²) in [6.45, 7) is 8.53. The minimum absolute atomic E-state index is 0.0164. The summed E-state index contributed by atoms with van der Waals surface area (Å²) in [5.74, 6) is 2.76. The second-order valence-electron chi connectivity index (χ2n) is 9.11. The molecule has 1 aromatic heterocycles. The minimum atomic E-state index is 0.0164. The highest BCUT2D eigenvalue weighted by Crippen LogP contribution is 2.34. The predicted octanol–water partition coefficient (Wildman–Crippen LogP) is 5.65. The van der Waals surface area contributed by atoms with Gasteiger partial charge in [-0.25, -0.2) is 4.98 Å². The summed E-state index contributed by atoms with van der Waals surface area (Å²) >= 11 is 0. The van der Waals surface area contributed by atoms with E-state index in [0.29, 0.717) is 32.7 Å². The van der Waals surface area contributed by atoms with Crippen molar-refractivity contribution in [1.82, 2.24) is 9.55 Å². The molecule has 1 saturated heterocycles. The summed E-state index contributed by atoms with van der Waals surface area (Å²) in [6, 6.07) is 22.1. The molecule has 4 aromatic rings. The molecule has 1 fully saturated rings. The largest absolute Gasteiger partial charge is 0.494 e. The summed E-state index contributed by atoms with van der Waals surface area (Å²) in [6.07, 6.45) is 0.439. The molecule has 2 heterocycles. The van der Waals surface area contributed by atoms with Crippen LogP contribution in [0.25, 0.3) is 11.0 Å². The average molecular weight is 470 g/mol. The van der Waals surface area contributed by atoms with Crippen LogP contribution in [-0.4, -0.2) is 35.2 Å². The van der Waals surface area contributed by atoms with Gasteiger partial charge in [-0.15, -0.1) is 0 Å². The Balaban J connectivity index is 1.37. The number of para-hydroxylation sites is 2. The van der Waals surface area contributed by atoms with Gasteiger partial charge in [-0.3, -0.25) is 4.79 Å². The standard InChI is InChI=1S/C29H31N3O3/c1-4-34-24-11-9-23(10-12-24)32-19-22(18-28(32)33)29-30-26-7-5-6-8-27(26)31(29)13-14-35-25-16-20(2)15-21(3)17-25/h5-12,15-17,22H,4,13-14,18-19H2,1-3H3. The topological polar surface area (TPSA) is 56.6 Å². The Morgan fingerprint density at radius 2 is 1.69 bits per heavy atom. The third-order valence-electron chi connectivity index (χ3n) is 6.41. The Morgan fingerprint density at radius 1 is 0.943 bits per heavy atom. The van der Waals surface area contributed by atoms with Crippen molar-refractivity contribution in [3.05, 3.63) is 83.7 Å². The third-order valence-corrected chi connectivity index (χ3v) is 6.41. The fourth-order valence-electron chi connectivity index (χ4n) is 4.93. The number of carbonyl (C=O) groups excluding carboxylic acids is 1. The van der Waals surface area contributed by atoms with Crippen LogP contribution in [-0.2, 0) is 11.3 Å². The zero-order chi connectivity index (χ0) is 24.4. The van der Waals surface area contributed by atoms with Gasteiger partial charge in [0.2, 0.25) is 5.91 Å². The van der Waals surface area contributed by atoms with Crippen LogP contribution >= 0.6 is 0 Å². The van der Waals surface area contributed by atoms with E-state index in [4.69, 9.17) is 14.5 Å². The summed E-state index contributed by atoms with van der Waals surface area (Å²) in [7, 11) is 0. The third kappa shape index (κ3) is 4.87. The maximum Gasteiger partial charge on any atom is 0.227 e. The number of hydrogen-bond acceptors (Lipinski definition) is 4. The van der Waals surface area contributed by atoms with E-state index in [1.165, 1.54) is 11.1 Å². The van der Waals surface area contributed by atoms with E-state index in [9.17, 15) is 4.79 Å². The van der Waals surface area contributed by atoms with Gasteiger partial charge in [-0.1, -0.05) is 18.2 Å². The van der Waals surface area contributed by atoms with Crippen molar-refractivity contribution in [3.8, 4) is 11.5 Å². The number of amides is 1. The monoisotopic (exact) mass is 469 g/mol. The molecule has 3 aromatic carbocycles. The lowest BCUT2D eigenvalue weighted by molar-refractivity contribution is -0.117. The second-order valence-corrected chi connectivity index (χ2v) is 9.11. The van der Waals surface area contributed by atoms with Crippen LogP contribution in [0, 0.1) is 13.8 Å². The number of benzene rings is 3. The minimum Gasteiger partial charge on any atom is -0.494 e. The second kappa shape index (κ2) is 9.82. The number of anilines is 1. The molecule has 1 aliphatic rings. The molecular weight excluding hydrogens is 438 g/mol. The number of hydrogen-bond donors (Lipinski definition) is 0. The quantitative estimate of drug-likeness (QED) is 0.335. The first-order chi connectivity index (χ1) is 17.0. The molecule has 1 atom stereocenters. The molecule has 0 radical (unpaired) electrons. The molecule has 6 nitrogen and oxygen atoms in total. The molecule has 1 amide bonds. The number of nitrogens with zero attached hydrogens (tertiary/aromatic N) is 3. The van der Waals surface area contributed by atoms with Gasteiger partial charge in [0.15, 0.2) is 0 Å². The zero-order valence-corrected chi connectivity index (χ0v) is 20.5. The SMILES string of the molecule is CCOc1ccc(N2CC(c3nc4ccccc4n3CCOc3cc(C)cc(C)c3)CC2=O)cc1. The highest BCUT2D eigenvalue weighted by molar-refractivity contribution is 5.96. The van der Waals surface area contributed by atoms with Gasteiger partial charge in [-0.05, 0) is 80.4 Å². The highest BCUT2D eigenvalue weighted by Gasteiger charge is 2.34. The molecule has 0 N–H and O–H groups in total.